The topological polar surface area (TPSA) is 85.3 Å². The number of aryl methyl sites for hydroxylation is 1. The second-order valence-electron chi connectivity index (χ2n) is 8.31. The van der Waals surface area contributed by atoms with Crippen LogP contribution in [0.15, 0.2) is 90.0 Å². The smallest absolute Gasteiger partial charge is 0.264 e. The van der Waals surface area contributed by atoms with E-state index in [9.17, 15) is 13.5 Å². The summed E-state index contributed by atoms with van der Waals surface area (Å²) in [5, 5.41) is 10.4. The van der Waals surface area contributed by atoms with Crippen molar-refractivity contribution in [3.63, 3.8) is 0 Å². The van der Waals surface area contributed by atoms with E-state index in [4.69, 9.17) is 14.2 Å². The van der Waals surface area contributed by atoms with Gasteiger partial charge in [-0.05, 0) is 60.5 Å². The summed E-state index contributed by atoms with van der Waals surface area (Å²) in [7, 11) is -0.639. The first-order valence-corrected chi connectivity index (χ1v) is 13.0. The zero-order valence-electron chi connectivity index (χ0n) is 20.8. The Morgan fingerprint density at radius 1 is 0.861 bits per heavy atom. The summed E-state index contributed by atoms with van der Waals surface area (Å²) in [5.74, 6) is 1.46. The van der Waals surface area contributed by atoms with Crippen molar-refractivity contribution in [3.8, 4) is 11.5 Å². The van der Waals surface area contributed by atoms with Crippen molar-refractivity contribution in [2.75, 3.05) is 20.8 Å². The van der Waals surface area contributed by atoms with E-state index in [-0.39, 0.29) is 11.4 Å². The first-order chi connectivity index (χ1) is 17.3. The third-order valence-corrected chi connectivity index (χ3v) is 7.32. The van der Waals surface area contributed by atoms with Gasteiger partial charge in [0.25, 0.3) is 10.0 Å². The Labute approximate surface area is 213 Å². The fourth-order valence-corrected chi connectivity index (χ4v) is 4.68. The van der Waals surface area contributed by atoms with Crippen molar-refractivity contribution < 1.29 is 27.7 Å². The molecule has 0 fully saturated rings. The molecule has 0 heterocycles. The summed E-state index contributed by atoms with van der Waals surface area (Å²) in [4.78, 5) is 0.184. The average molecular weight is 512 g/mol. The highest BCUT2D eigenvalue weighted by Gasteiger charge is 2.22. The molecule has 192 valence electrons. The molecular formula is C28H33NO6S. The molecule has 8 heteroatoms. The number of rotatable bonds is 13. The molecule has 7 nitrogen and oxygen atoms in total. The Kier molecular flexibility index (Phi) is 9.93. The molecular weight excluding hydrogens is 478 g/mol. The molecule has 0 amide bonds. The van der Waals surface area contributed by atoms with E-state index in [1.54, 1.807) is 50.6 Å². The quantitative estimate of drug-likeness (QED) is 0.335. The Morgan fingerprint density at radius 3 is 1.97 bits per heavy atom. The zero-order valence-corrected chi connectivity index (χ0v) is 21.6. The SMILES string of the molecule is COc1ccc(COCC[C@H](O)/C=C/N(Cc2ccc(OC)cc2)S(=O)(=O)c2ccc(C)cc2)cc1. The van der Waals surface area contributed by atoms with Crippen molar-refractivity contribution in [2.24, 2.45) is 0 Å². The molecule has 0 aliphatic heterocycles. The standard InChI is InChI=1S/C28H33NO6S/c1-22-4-14-28(15-5-22)36(31,32)29(20-23-6-10-26(33-2)11-7-23)18-16-25(30)17-19-35-21-24-8-12-27(34-3)13-9-24/h4-16,18,25,30H,17,19-21H2,1-3H3/b18-16+/t25-/m1/s1. The molecule has 36 heavy (non-hydrogen) atoms. The Morgan fingerprint density at radius 2 is 1.42 bits per heavy atom. The highest BCUT2D eigenvalue weighted by Crippen LogP contribution is 2.21. The minimum Gasteiger partial charge on any atom is -0.497 e. The van der Waals surface area contributed by atoms with Gasteiger partial charge in [0, 0.05) is 19.2 Å². The van der Waals surface area contributed by atoms with Crippen molar-refractivity contribution in [3.05, 3.63) is 102 Å². The fourth-order valence-electron chi connectivity index (χ4n) is 3.38. The van der Waals surface area contributed by atoms with Gasteiger partial charge in [0.15, 0.2) is 0 Å². The van der Waals surface area contributed by atoms with E-state index in [0.29, 0.717) is 25.4 Å². The highest BCUT2D eigenvalue weighted by molar-refractivity contribution is 7.89. The van der Waals surface area contributed by atoms with Gasteiger partial charge < -0.3 is 19.3 Å². The molecule has 0 spiro atoms. The van der Waals surface area contributed by atoms with E-state index in [1.807, 2.05) is 43.3 Å². The van der Waals surface area contributed by atoms with E-state index < -0.39 is 16.1 Å². The van der Waals surface area contributed by atoms with Crippen LogP contribution in [0.5, 0.6) is 11.5 Å². The number of hydrogen-bond acceptors (Lipinski definition) is 6. The summed E-state index contributed by atoms with van der Waals surface area (Å²) < 4.78 is 44.0. The molecule has 0 bridgehead atoms. The molecule has 3 aromatic carbocycles. The van der Waals surface area contributed by atoms with Gasteiger partial charge in [-0.25, -0.2) is 8.42 Å². The highest BCUT2D eigenvalue weighted by atomic mass is 32.2. The lowest BCUT2D eigenvalue weighted by molar-refractivity contribution is 0.0880. The number of ether oxygens (including phenoxy) is 3. The molecule has 0 unspecified atom stereocenters. The minimum absolute atomic E-state index is 0.109. The first-order valence-electron chi connectivity index (χ1n) is 11.6. The number of aliphatic hydroxyl groups is 1. The molecule has 0 radical (unpaired) electrons. The second kappa shape index (κ2) is 13.1. The van der Waals surface area contributed by atoms with Crippen LogP contribution >= 0.6 is 0 Å². The Balaban J connectivity index is 1.65. The molecule has 0 aromatic heterocycles. The lowest BCUT2D eigenvalue weighted by atomic mass is 10.2. The van der Waals surface area contributed by atoms with Crippen LogP contribution in [0.3, 0.4) is 0 Å². The number of aliphatic hydroxyl groups excluding tert-OH is 1. The van der Waals surface area contributed by atoms with Crippen LogP contribution in [-0.2, 0) is 27.9 Å². The van der Waals surface area contributed by atoms with Gasteiger partial charge in [0.2, 0.25) is 0 Å². The molecule has 0 saturated heterocycles. The summed E-state index contributed by atoms with van der Waals surface area (Å²) in [5.41, 5.74) is 2.75. The van der Waals surface area contributed by atoms with Crippen LogP contribution in [0.2, 0.25) is 0 Å². The van der Waals surface area contributed by atoms with Gasteiger partial charge in [0.1, 0.15) is 11.5 Å². The number of sulfonamides is 1. The van der Waals surface area contributed by atoms with Gasteiger partial charge in [-0.1, -0.05) is 42.0 Å². The van der Waals surface area contributed by atoms with Crippen molar-refractivity contribution >= 4 is 10.0 Å². The van der Waals surface area contributed by atoms with Gasteiger partial charge in [-0.3, -0.25) is 4.31 Å². The molecule has 0 aliphatic rings. The van der Waals surface area contributed by atoms with Crippen molar-refractivity contribution in [1.29, 1.82) is 0 Å². The largest absolute Gasteiger partial charge is 0.497 e. The van der Waals surface area contributed by atoms with Gasteiger partial charge in [0.05, 0.1) is 38.4 Å². The predicted molar refractivity (Wildman–Crippen MR) is 139 cm³/mol. The Bertz CT molecular complexity index is 1210. The summed E-state index contributed by atoms with van der Waals surface area (Å²) in [6.45, 7) is 2.74. The molecule has 0 aliphatic carbocycles. The minimum atomic E-state index is -3.83. The Hall–Kier alpha value is -3.33. The third kappa shape index (κ3) is 7.84. The normalized spacial score (nSPS) is 12.4. The third-order valence-electron chi connectivity index (χ3n) is 5.59. The van der Waals surface area contributed by atoms with E-state index in [0.717, 1.165) is 22.4 Å². The number of methoxy groups -OCH3 is 2. The van der Waals surface area contributed by atoms with Crippen LogP contribution in [0.25, 0.3) is 0 Å². The lowest BCUT2D eigenvalue weighted by Crippen LogP contribution is -2.26. The second-order valence-corrected chi connectivity index (χ2v) is 10.2. The van der Waals surface area contributed by atoms with Gasteiger partial charge in [-0.2, -0.15) is 0 Å². The van der Waals surface area contributed by atoms with Crippen LogP contribution in [0.4, 0.5) is 0 Å². The summed E-state index contributed by atoms with van der Waals surface area (Å²) >= 11 is 0. The molecule has 1 N–H and O–H groups in total. The van der Waals surface area contributed by atoms with Crippen LogP contribution in [0.1, 0.15) is 23.1 Å². The van der Waals surface area contributed by atoms with Crippen molar-refractivity contribution in [2.45, 2.75) is 37.5 Å². The van der Waals surface area contributed by atoms with Gasteiger partial charge in [-0.15, -0.1) is 0 Å². The maximum Gasteiger partial charge on any atom is 0.264 e. The summed E-state index contributed by atoms with van der Waals surface area (Å²) in [6, 6.07) is 21.5. The summed E-state index contributed by atoms with van der Waals surface area (Å²) in [6.07, 6.45) is 2.36. The van der Waals surface area contributed by atoms with Crippen LogP contribution in [-0.4, -0.2) is 44.8 Å². The number of hydrogen-bond donors (Lipinski definition) is 1. The monoisotopic (exact) mass is 511 g/mol. The lowest BCUT2D eigenvalue weighted by Gasteiger charge is -2.21. The number of nitrogens with zero attached hydrogens (tertiary/aromatic N) is 1. The van der Waals surface area contributed by atoms with E-state index >= 15 is 0 Å². The molecule has 1 atom stereocenters. The number of benzene rings is 3. The van der Waals surface area contributed by atoms with E-state index in [1.165, 1.54) is 16.6 Å². The maximum atomic E-state index is 13.4. The van der Waals surface area contributed by atoms with Crippen LogP contribution in [0, 0.1) is 6.92 Å². The van der Waals surface area contributed by atoms with Gasteiger partial charge >= 0.3 is 0 Å². The predicted octanol–water partition coefficient (Wildman–Crippen LogP) is 4.68. The zero-order chi connectivity index (χ0) is 26.0. The first kappa shape index (κ1) is 27.3. The van der Waals surface area contributed by atoms with Crippen LogP contribution < -0.4 is 9.47 Å². The fraction of sp³-hybridized carbons (Fsp3) is 0.286. The van der Waals surface area contributed by atoms with E-state index in [2.05, 4.69) is 0 Å². The molecule has 3 rings (SSSR count). The maximum absolute atomic E-state index is 13.4. The average Bonchev–Trinajstić information content (AvgIpc) is 2.90. The molecule has 3 aromatic rings. The molecule has 0 saturated carbocycles. The van der Waals surface area contributed by atoms with Crippen molar-refractivity contribution in [1.82, 2.24) is 4.31 Å².